The Hall–Kier alpha value is -2.16. The van der Waals surface area contributed by atoms with Crippen molar-refractivity contribution >= 4 is 73.1 Å². The summed E-state index contributed by atoms with van der Waals surface area (Å²) < 4.78 is 1.09. The molecule has 0 saturated carbocycles. The van der Waals surface area contributed by atoms with E-state index in [0.29, 0.717) is 15.7 Å². The average molecular weight is 501 g/mol. The van der Waals surface area contributed by atoms with Gasteiger partial charge in [-0.15, -0.1) is 0 Å². The molecule has 9 heteroatoms. The molecule has 26 heavy (non-hydrogen) atoms. The van der Waals surface area contributed by atoms with Crippen LogP contribution >= 0.6 is 43.5 Å². The largest absolute Gasteiger partial charge is 0.505 e. The molecule has 2 N–H and O–H groups in total. The molecule has 0 unspecified atom stereocenters. The highest BCUT2D eigenvalue weighted by Gasteiger charge is 2.36. The lowest BCUT2D eigenvalue weighted by Gasteiger charge is -2.26. The summed E-state index contributed by atoms with van der Waals surface area (Å²) in [5.74, 6) is -1.73. The first kappa shape index (κ1) is 18.6. The van der Waals surface area contributed by atoms with Crippen LogP contribution in [-0.2, 0) is 9.59 Å². The van der Waals surface area contributed by atoms with Gasteiger partial charge in [0.1, 0.15) is 11.3 Å². The van der Waals surface area contributed by atoms with Gasteiger partial charge in [-0.05, 0) is 64.0 Å². The molecule has 0 bridgehead atoms. The maximum Gasteiger partial charge on any atom is 0.335 e. The van der Waals surface area contributed by atoms with Crippen molar-refractivity contribution in [1.29, 1.82) is 0 Å². The normalized spacial score (nSPS) is 16.2. The van der Waals surface area contributed by atoms with Gasteiger partial charge < -0.3 is 5.11 Å². The molecule has 0 radical (unpaired) electrons. The quantitative estimate of drug-likeness (QED) is 0.477. The number of benzene rings is 2. The van der Waals surface area contributed by atoms with Crippen molar-refractivity contribution in [2.45, 2.75) is 0 Å². The number of carbonyl (C=O) groups excluding carboxylic acids is 3. The van der Waals surface area contributed by atoms with E-state index in [1.165, 1.54) is 18.2 Å². The lowest BCUT2D eigenvalue weighted by Crippen LogP contribution is -2.54. The minimum Gasteiger partial charge on any atom is -0.505 e. The van der Waals surface area contributed by atoms with Crippen LogP contribution in [0, 0.1) is 0 Å². The average Bonchev–Trinajstić information content (AvgIpc) is 2.58. The lowest BCUT2D eigenvalue weighted by atomic mass is 10.1. The summed E-state index contributed by atoms with van der Waals surface area (Å²) in [4.78, 5) is 37.9. The molecule has 2 aromatic rings. The molecule has 1 aliphatic heterocycles. The Morgan fingerprint density at radius 2 is 1.73 bits per heavy atom. The molecule has 0 aliphatic carbocycles. The molecule has 1 fully saturated rings. The fraction of sp³-hybridized carbons (Fsp3) is 0. The van der Waals surface area contributed by atoms with Crippen LogP contribution in [0.15, 0.2) is 50.9 Å². The zero-order valence-electron chi connectivity index (χ0n) is 12.8. The van der Waals surface area contributed by atoms with Gasteiger partial charge in [0.2, 0.25) is 0 Å². The Bertz CT molecular complexity index is 950. The second kappa shape index (κ2) is 7.22. The lowest BCUT2D eigenvalue weighted by molar-refractivity contribution is -0.122. The van der Waals surface area contributed by atoms with Crippen molar-refractivity contribution in [3.63, 3.8) is 0 Å². The fourth-order valence-electron chi connectivity index (χ4n) is 2.32. The Morgan fingerprint density at radius 1 is 1.08 bits per heavy atom. The predicted octanol–water partition coefficient (Wildman–Crippen LogP) is 4.24. The van der Waals surface area contributed by atoms with Gasteiger partial charge >= 0.3 is 6.03 Å². The van der Waals surface area contributed by atoms with E-state index in [4.69, 9.17) is 11.6 Å². The number of aromatic hydroxyl groups is 1. The third-order valence-electron chi connectivity index (χ3n) is 3.54. The predicted molar refractivity (Wildman–Crippen MR) is 104 cm³/mol. The van der Waals surface area contributed by atoms with Crippen LogP contribution in [0.5, 0.6) is 5.75 Å². The van der Waals surface area contributed by atoms with Gasteiger partial charge in [-0.2, -0.15) is 0 Å². The van der Waals surface area contributed by atoms with Crippen molar-refractivity contribution in [3.05, 3.63) is 61.5 Å². The Kier molecular flexibility index (Phi) is 5.17. The van der Waals surface area contributed by atoms with Crippen molar-refractivity contribution in [3.8, 4) is 5.75 Å². The molecule has 0 spiro atoms. The molecule has 2 aromatic carbocycles. The summed E-state index contributed by atoms with van der Waals surface area (Å²) in [6, 6.07) is 8.56. The van der Waals surface area contributed by atoms with E-state index in [0.717, 1.165) is 9.37 Å². The first-order chi connectivity index (χ1) is 12.3. The molecule has 1 aliphatic rings. The van der Waals surface area contributed by atoms with Crippen LogP contribution in [0.3, 0.4) is 0 Å². The van der Waals surface area contributed by atoms with Gasteiger partial charge in [0.15, 0.2) is 0 Å². The van der Waals surface area contributed by atoms with Gasteiger partial charge in [-0.1, -0.05) is 27.5 Å². The van der Waals surface area contributed by atoms with Gasteiger partial charge in [0, 0.05) is 4.47 Å². The number of phenols is 1. The van der Waals surface area contributed by atoms with Gasteiger partial charge in [-0.3, -0.25) is 14.9 Å². The summed E-state index contributed by atoms with van der Waals surface area (Å²) >= 11 is 12.3. The van der Waals surface area contributed by atoms with Crippen LogP contribution < -0.4 is 10.2 Å². The number of anilines is 1. The summed E-state index contributed by atoms with van der Waals surface area (Å²) in [6.07, 6.45) is 1.30. The van der Waals surface area contributed by atoms with Crippen LogP contribution in [-0.4, -0.2) is 23.0 Å². The van der Waals surface area contributed by atoms with Crippen molar-refractivity contribution in [2.24, 2.45) is 0 Å². The SMILES string of the molecule is O=C1NC(=O)N(c2ccc(Br)cc2)C(=O)/C1=C/c1cc(Cl)c(O)c(Br)c1. The Morgan fingerprint density at radius 3 is 2.35 bits per heavy atom. The maximum atomic E-state index is 12.7. The number of hydrogen-bond donors (Lipinski definition) is 2. The number of nitrogens with zero attached hydrogens (tertiary/aromatic N) is 1. The smallest absolute Gasteiger partial charge is 0.335 e. The summed E-state index contributed by atoms with van der Waals surface area (Å²) in [5.41, 5.74) is 0.489. The van der Waals surface area contributed by atoms with Crippen molar-refractivity contribution in [1.82, 2.24) is 5.32 Å². The summed E-state index contributed by atoms with van der Waals surface area (Å²) in [5, 5.41) is 11.9. The second-order valence-corrected chi connectivity index (χ2v) is 7.44. The molecular weight excluding hydrogens is 491 g/mol. The zero-order valence-corrected chi connectivity index (χ0v) is 16.7. The van der Waals surface area contributed by atoms with Crippen molar-refractivity contribution < 1.29 is 19.5 Å². The Balaban J connectivity index is 2.04. The maximum absolute atomic E-state index is 12.7. The third-order valence-corrected chi connectivity index (χ3v) is 4.96. The van der Waals surface area contributed by atoms with E-state index in [9.17, 15) is 19.5 Å². The van der Waals surface area contributed by atoms with E-state index >= 15 is 0 Å². The van der Waals surface area contributed by atoms with Gasteiger partial charge in [-0.25, -0.2) is 9.69 Å². The third kappa shape index (κ3) is 3.53. The molecule has 4 amide bonds. The number of carbonyl (C=O) groups is 3. The standard InChI is InChI=1S/C17H9Br2ClN2O4/c18-9-1-3-10(4-2-9)22-16(25)11(15(24)21-17(22)26)5-8-6-12(19)14(23)13(20)7-8/h1-7,23H,(H,21,24,26)/b11-5+. The second-order valence-electron chi connectivity index (χ2n) is 5.27. The van der Waals surface area contributed by atoms with E-state index in [-0.39, 0.29) is 16.3 Å². The number of amides is 4. The molecule has 6 nitrogen and oxygen atoms in total. The fourth-order valence-corrected chi connectivity index (χ4v) is 3.40. The van der Waals surface area contributed by atoms with Crippen LogP contribution in [0.1, 0.15) is 5.56 Å². The molecule has 1 heterocycles. The van der Waals surface area contributed by atoms with Crippen LogP contribution in [0.4, 0.5) is 10.5 Å². The molecule has 1 saturated heterocycles. The highest BCUT2D eigenvalue weighted by Crippen LogP contribution is 2.34. The summed E-state index contributed by atoms with van der Waals surface area (Å²) in [6.45, 7) is 0. The minimum atomic E-state index is -0.829. The van der Waals surface area contributed by atoms with E-state index < -0.39 is 17.8 Å². The first-order valence-corrected chi connectivity index (χ1v) is 9.09. The van der Waals surface area contributed by atoms with E-state index in [1.807, 2.05) is 0 Å². The number of rotatable bonds is 2. The van der Waals surface area contributed by atoms with E-state index in [2.05, 4.69) is 37.2 Å². The molecular formula is C17H9Br2ClN2O4. The monoisotopic (exact) mass is 498 g/mol. The number of imide groups is 2. The van der Waals surface area contributed by atoms with Gasteiger partial charge in [0.05, 0.1) is 15.2 Å². The minimum absolute atomic E-state index is 0.0516. The zero-order chi connectivity index (χ0) is 19.0. The van der Waals surface area contributed by atoms with E-state index in [1.54, 1.807) is 24.3 Å². The number of nitrogens with one attached hydrogen (secondary N) is 1. The highest BCUT2D eigenvalue weighted by atomic mass is 79.9. The first-order valence-electron chi connectivity index (χ1n) is 7.13. The van der Waals surface area contributed by atoms with Gasteiger partial charge in [0.25, 0.3) is 11.8 Å². The summed E-state index contributed by atoms with van der Waals surface area (Å²) in [7, 11) is 0. The molecule has 0 atom stereocenters. The van der Waals surface area contributed by atoms with Crippen LogP contribution in [0.25, 0.3) is 6.08 Å². The number of barbiturate groups is 1. The Labute approximate surface area is 169 Å². The van der Waals surface area contributed by atoms with Crippen molar-refractivity contribution in [2.75, 3.05) is 4.90 Å². The number of halogens is 3. The number of hydrogen-bond acceptors (Lipinski definition) is 4. The molecule has 3 rings (SSSR count). The highest BCUT2D eigenvalue weighted by molar-refractivity contribution is 9.10. The topological polar surface area (TPSA) is 86.7 Å². The van der Waals surface area contributed by atoms with Crippen LogP contribution in [0.2, 0.25) is 5.02 Å². The number of phenolic OH excluding ortho intramolecular Hbond substituents is 1. The molecule has 132 valence electrons. The molecule has 0 aromatic heterocycles. The number of urea groups is 1.